The number of nitrogens with one attached hydrogen (secondary N) is 1. The molecule has 0 unspecified atom stereocenters. The van der Waals surface area contributed by atoms with E-state index in [1.807, 2.05) is 25.1 Å². The first-order valence-electron chi connectivity index (χ1n) is 5.92. The fraction of sp³-hybridized carbons (Fsp3) is 0.0714. The Hall–Kier alpha value is -1.79. The van der Waals surface area contributed by atoms with Crippen LogP contribution in [0.2, 0.25) is 0 Å². The molecule has 100 valence electrons. The van der Waals surface area contributed by atoms with Crippen molar-refractivity contribution in [3.63, 3.8) is 0 Å². The summed E-state index contributed by atoms with van der Waals surface area (Å²) in [6.45, 7) is 1.97. The van der Waals surface area contributed by atoms with Crippen molar-refractivity contribution in [1.29, 1.82) is 0 Å². The van der Waals surface area contributed by atoms with Crippen molar-refractivity contribution < 1.29 is 4.79 Å². The Balaban J connectivity index is 1.84. The lowest BCUT2D eigenvalue weighted by Gasteiger charge is -2.04. The van der Waals surface area contributed by atoms with Crippen LogP contribution in [0.5, 0.6) is 0 Å². The second-order valence-corrected chi connectivity index (χ2v) is 6.38. The van der Waals surface area contributed by atoms with Gasteiger partial charge < -0.3 is 5.32 Å². The molecule has 0 spiro atoms. The lowest BCUT2D eigenvalue weighted by atomic mass is 10.2. The molecule has 2 heterocycles. The van der Waals surface area contributed by atoms with Crippen LogP contribution < -0.4 is 5.32 Å². The minimum absolute atomic E-state index is 0.224. The zero-order valence-electron chi connectivity index (χ0n) is 10.6. The number of carbonyl (C=O) groups excluding carboxylic acids is 1. The van der Waals surface area contributed by atoms with Crippen LogP contribution in [0.1, 0.15) is 15.5 Å². The summed E-state index contributed by atoms with van der Waals surface area (Å²) >= 11 is 4.90. The van der Waals surface area contributed by atoms with Gasteiger partial charge in [-0.3, -0.25) is 4.79 Å². The van der Waals surface area contributed by atoms with Crippen LogP contribution in [-0.2, 0) is 0 Å². The van der Waals surface area contributed by atoms with Gasteiger partial charge in [0.25, 0.3) is 5.91 Å². The maximum atomic E-state index is 12.1. The number of nitrogens with zero attached hydrogens (tertiary/aromatic N) is 2. The molecule has 1 N–H and O–H groups in total. The average Bonchev–Trinajstić information content (AvgIpc) is 2.78. The molecule has 1 amide bonds. The van der Waals surface area contributed by atoms with Crippen LogP contribution in [-0.4, -0.2) is 15.9 Å². The monoisotopic (exact) mass is 347 g/mol. The highest BCUT2D eigenvalue weighted by Gasteiger charge is 2.08. The van der Waals surface area contributed by atoms with Crippen LogP contribution in [0.25, 0.3) is 10.2 Å². The summed E-state index contributed by atoms with van der Waals surface area (Å²) in [4.78, 5) is 20.5. The van der Waals surface area contributed by atoms with E-state index in [1.54, 1.807) is 29.7 Å². The van der Waals surface area contributed by atoms with Gasteiger partial charge in [0.1, 0.15) is 5.69 Å². The second kappa shape index (κ2) is 5.30. The van der Waals surface area contributed by atoms with Gasteiger partial charge in [0, 0.05) is 16.4 Å². The molecular formula is C14H10BrN3OS. The second-order valence-electron chi connectivity index (χ2n) is 4.23. The molecule has 0 fully saturated rings. The Bertz CT molecular complexity index is 783. The molecule has 0 saturated heterocycles. The summed E-state index contributed by atoms with van der Waals surface area (Å²) in [6, 6.07) is 9.14. The van der Waals surface area contributed by atoms with Crippen molar-refractivity contribution in [2.75, 3.05) is 5.32 Å². The number of rotatable bonds is 2. The van der Waals surface area contributed by atoms with E-state index in [-0.39, 0.29) is 5.91 Å². The summed E-state index contributed by atoms with van der Waals surface area (Å²) in [6.07, 6.45) is 1.60. The number of thiazole rings is 1. The van der Waals surface area contributed by atoms with Crippen LogP contribution in [0.4, 0.5) is 5.69 Å². The van der Waals surface area contributed by atoms with Gasteiger partial charge in [-0.2, -0.15) is 0 Å². The topological polar surface area (TPSA) is 54.9 Å². The predicted molar refractivity (Wildman–Crippen MR) is 84.2 cm³/mol. The van der Waals surface area contributed by atoms with Crippen LogP contribution in [0.3, 0.4) is 0 Å². The summed E-state index contributed by atoms with van der Waals surface area (Å²) in [5.74, 6) is -0.224. The van der Waals surface area contributed by atoms with Crippen molar-refractivity contribution in [2.24, 2.45) is 0 Å². The SMILES string of the molecule is Cc1nc2ccc(NC(=O)c3ccc(Br)cn3)cc2s1. The van der Waals surface area contributed by atoms with Crippen LogP contribution >= 0.6 is 27.3 Å². The zero-order valence-corrected chi connectivity index (χ0v) is 13.0. The van der Waals surface area contributed by atoms with Gasteiger partial charge in [-0.1, -0.05) is 0 Å². The van der Waals surface area contributed by atoms with E-state index < -0.39 is 0 Å². The van der Waals surface area contributed by atoms with Crippen molar-refractivity contribution in [3.8, 4) is 0 Å². The minimum Gasteiger partial charge on any atom is -0.321 e. The van der Waals surface area contributed by atoms with Gasteiger partial charge >= 0.3 is 0 Å². The lowest BCUT2D eigenvalue weighted by molar-refractivity contribution is 0.102. The number of carbonyl (C=O) groups is 1. The lowest BCUT2D eigenvalue weighted by Crippen LogP contribution is -2.13. The van der Waals surface area contributed by atoms with Crippen molar-refractivity contribution in [3.05, 3.63) is 51.7 Å². The highest BCUT2D eigenvalue weighted by Crippen LogP contribution is 2.25. The molecule has 0 aliphatic rings. The number of amides is 1. The molecule has 0 radical (unpaired) electrons. The van der Waals surface area contributed by atoms with Crippen LogP contribution in [0, 0.1) is 6.92 Å². The summed E-state index contributed by atoms with van der Waals surface area (Å²) in [5.41, 5.74) is 2.08. The smallest absolute Gasteiger partial charge is 0.274 e. The quantitative estimate of drug-likeness (QED) is 0.761. The number of fused-ring (bicyclic) bond motifs is 1. The molecule has 0 aliphatic carbocycles. The van der Waals surface area contributed by atoms with E-state index in [0.29, 0.717) is 5.69 Å². The van der Waals surface area contributed by atoms with E-state index in [1.165, 1.54) is 0 Å². The number of aromatic nitrogens is 2. The first-order chi connectivity index (χ1) is 9.61. The van der Waals surface area contributed by atoms with E-state index in [4.69, 9.17) is 0 Å². The van der Waals surface area contributed by atoms with Gasteiger partial charge in [-0.25, -0.2) is 9.97 Å². The summed E-state index contributed by atoms with van der Waals surface area (Å²) < 4.78 is 1.90. The van der Waals surface area contributed by atoms with Crippen LogP contribution in [0.15, 0.2) is 41.0 Å². The fourth-order valence-corrected chi connectivity index (χ4v) is 2.92. The number of aryl methyl sites for hydroxylation is 1. The Morgan fingerprint density at radius 1 is 1.30 bits per heavy atom. The highest BCUT2D eigenvalue weighted by atomic mass is 79.9. The molecular weight excluding hydrogens is 338 g/mol. The Morgan fingerprint density at radius 2 is 2.15 bits per heavy atom. The number of benzene rings is 1. The highest BCUT2D eigenvalue weighted by molar-refractivity contribution is 9.10. The maximum Gasteiger partial charge on any atom is 0.274 e. The third-order valence-corrected chi connectivity index (χ3v) is 4.12. The standard InChI is InChI=1S/C14H10BrN3OS/c1-8-17-11-5-3-10(6-13(11)20-8)18-14(19)12-4-2-9(15)7-16-12/h2-7H,1H3,(H,18,19). The molecule has 3 aromatic rings. The molecule has 0 atom stereocenters. The largest absolute Gasteiger partial charge is 0.321 e. The molecule has 6 heteroatoms. The average molecular weight is 348 g/mol. The maximum absolute atomic E-state index is 12.1. The van der Waals surface area contributed by atoms with Gasteiger partial charge in [0.2, 0.25) is 0 Å². The van der Waals surface area contributed by atoms with Gasteiger partial charge in [0.05, 0.1) is 15.2 Å². The van der Waals surface area contributed by atoms with E-state index in [9.17, 15) is 4.79 Å². The number of halogens is 1. The summed E-state index contributed by atoms with van der Waals surface area (Å²) in [5, 5.41) is 3.85. The van der Waals surface area contributed by atoms with Gasteiger partial charge in [-0.05, 0) is 53.2 Å². The molecule has 0 saturated carbocycles. The van der Waals surface area contributed by atoms with E-state index in [0.717, 1.165) is 25.4 Å². The normalized spacial score (nSPS) is 10.7. The number of anilines is 1. The first-order valence-corrected chi connectivity index (χ1v) is 7.53. The first kappa shape index (κ1) is 13.2. The number of hydrogen-bond donors (Lipinski definition) is 1. The zero-order chi connectivity index (χ0) is 14.1. The molecule has 0 aliphatic heterocycles. The fourth-order valence-electron chi connectivity index (χ4n) is 1.82. The Morgan fingerprint density at radius 3 is 2.90 bits per heavy atom. The number of hydrogen-bond acceptors (Lipinski definition) is 4. The Labute approximate surface area is 128 Å². The van der Waals surface area contributed by atoms with Crippen molar-refractivity contribution in [1.82, 2.24) is 9.97 Å². The predicted octanol–water partition coefficient (Wildman–Crippen LogP) is 4.01. The molecule has 1 aromatic carbocycles. The van der Waals surface area contributed by atoms with Crippen molar-refractivity contribution >= 4 is 49.1 Å². The number of pyridine rings is 1. The van der Waals surface area contributed by atoms with Gasteiger partial charge in [0.15, 0.2) is 0 Å². The molecule has 4 nitrogen and oxygen atoms in total. The third-order valence-electron chi connectivity index (χ3n) is 2.71. The Kier molecular flexibility index (Phi) is 3.50. The van der Waals surface area contributed by atoms with E-state index >= 15 is 0 Å². The summed E-state index contributed by atoms with van der Waals surface area (Å²) in [7, 11) is 0. The minimum atomic E-state index is -0.224. The van der Waals surface area contributed by atoms with Crippen molar-refractivity contribution in [2.45, 2.75) is 6.92 Å². The molecule has 3 rings (SSSR count). The van der Waals surface area contributed by atoms with Gasteiger partial charge in [-0.15, -0.1) is 11.3 Å². The third kappa shape index (κ3) is 2.71. The molecule has 0 bridgehead atoms. The molecule has 2 aromatic heterocycles. The van der Waals surface area contributed by atoms with E-state index in [2.05, 4.69) is 31.2 Å². The molecule has 20 heavy (non-hydrogen) atoms.